The number of nitrogens with two attached hydrogens (primary N) is 1. The summed E-state index contributed by atoms with van der Waals surface area (Å²) < 4.78 is 0. The van der Waals surface area contributed by atoms with Gasteiger partial charge >= 0.3 is 0 Å². The van der Waals surface area contributed by atoms with E-state index in [1.54, 1.807) is 25.1 Å². The summed E-state index contributed by atoms with van der Waals surface area (Å²) in [6.45, 7) is 2.68. The van der Waals surface area contributed by atoms with Crippen molar-refractivity contribution in [1.82, 2.24) is 9.88 Å². The molecule has 0 radical (unpaired) electrons. The normalized spacial score (nSPS) is 9.67. The Morgan fingerprint density at radius 3 is 2.72 bits per heavy atom. The van der Waals surface area contributed by atoms with Crippen LogP contribution < -0.4 is 10.6 Å². The number of hydrogen-bond acceptors (Lipinski definition) is 5. The van der Waals surface area contributed by atoms with E-state index < -0.39 is 0 Å². The maximum atomic E-state index is 11.7. The number of nitrogens with zero attached hydrogens (tertiary/aromatic N) is 4. The van der Waals surface area contributed by atoms with Crippen molar-refractivity contribution in [3.8, 4) is 6.07 Å². The van der Waals surface area contributed by atoms with E-state index in [9.17, 15) is 4.79 Å². The average Bonchev–Trinajstić information content (AvgIpc) is 2.36. The first-order valence-electron chi connectivity index (χ1n) is 5.60. The maximum absolute atomic E-state index is 11.7. The monoisotopic (exact) mass is 247 g/mol. The largest absolute Gasteiger partial charge is 0.395 e. The molecule has 0 saturated carbocycles. The molecule has 1 heterocycles. The molecule has 18 heavy (non-hydrogen) atoms. The third-order valence-electron chi connectivity index (χ3n) is 2.60. The molecule has 1 amide bonds. The van der Waals surface area contributed by atoms with Crippen molar-refractivity contribution in [2.75, 3.05) is 37.8 Å². The van der Waals surface area contributed by atoms with Crippen molar-refractivity contribution >= 4 is 17.4 Å². The summed E-state index contributed by atoms with van der Waals surface area (Å²) in [6, 6.07) is 3.56. The van der Waals surface area contributed by atoms with Crippen LogP contribution >= 0.6 is 0 Å². The fraction of sp³-hybridized carbons (Fsp3) is 0.417. The lowest BCUT2D eigenvalue weighted by atomic mass is 10.2. The van der Waals surface area contributed by atoms with Gasteiger partial charge in [0.25, 0.3) is 0 Å². The first kappa shape index (κ1) is 13.8. The molecule has 0 bridgehead atoms. The molecule has 96 valence electrons. The van der Waals surface area contributed by atoms with Crippen molar-refractivity contribution in [3.63, 3.8) is 0 Å². The van der Waals surface area contributed by atoms with E-state index in [0.717, 1.165) is 0 Å². The van der Waals surface area contributed by atoms with Gasteiger partial charge in [0.05, 0.1) is 17.8 Å². The van der Waals surface area contributed by atoms with E-state index >= 15 is 0 Å². The van der Waals surface area contributed by atoms with E-state index in [2.05, 4.69) is 4.98 Å². The quantitative estimate of drug-likeness (QED) is 0.834. The van der Waals surface area contributed by atoms with Crippen LogP contribution in [-0.4, -0.2) is 43.0 Å². The van der Waals surface area contributed by atoms with Gasteiger partial charge in [0.15, 0.2) is 5.82 Å². The fourth-order valence-corrected chi connectivity index (χ4v) is 1.45. The van der Waals surface area contributed by atoms with E-state index in [1.165, 1.54) is 11.1 Å². The Morgan fingerprint density at radius 2 is 2.22 bits per heavy atom. The Morgan fingerprint density at radius 1 is 1.56 bits per heavy atom. The van der Waals surface area contributed by atoms with Crippen LogP contribution in [0.1, 0.15) is 12.5 Å². The Kier molecular flexibility index (Phi) is 4.49. The molecule has 1 aromatic heterocycles. The third-order valence-corrected chi connectivity index (χ3v) is 2.60. The summed E-state index contributed by atoms with van der Waals surface area (Å²) in [7, 11) is 3.39. The third kappa shape index (κ3) is 2.88. The lowest BCUT2D eigenvalue weighted by Crippen LogP contribution is -2.37. The van der Waals surface area contributed by atoms with Crippen molar-refractivity contribution < 1.29 is 4.79 Å². The minimum atomic E-state index is -0.0413. The molecular formula is C12H17N5O. The van der Waals surface area contributed by atoms with Crippen LogP contribution in [-0.2, 0) is 4.79 Å². The summed E-state index contributed by atoms with van der Waals surface area (Å²) in [6.07, 6.45) is 1.52. The maximum Gasteiger partial charge on any atom is 0.241 e. The van der Waals surface area contributed by atoms with Gasteiger partial charge in [0.1, 0.15) is 6.07 Å². The van der Waals surface area contributed by atoms with Gasteiger partial charge in [0, 0.05) is 26.8 Å². The molecule has 0 spiro atoms. The minimum absolute atomic E-state index is 0.0413. The van der Waals surface area contributed by atoms with Crippen LogP contribution in [0.2, 0.25) is 0 Å². The van der Waals surface area contributed by atoms with Gasteiger partial charge in [-0.1, -0.05) is 0 Å². The number of aromatic nitrogens is 1. The number of pyridine rings is 1. The highest BCUT2D eigenvalue weighted by Crippen LogP contribution is 2.23. The number of hydrogen-bond donors (Lipinski definition) is 1. The molecule has 0 aromatic carbocycles. The van der Waals surface area contributed by atoms with Crippen molar-refractivity contribution in [2.24, 2.45) is 0 Å². The highest BCUT2D eigenvalue weighted by molar-refractivity contribution is 5.82. The van der Waals surface area contributed by atoms with Crippen molar-refractivity contribution in [3.05, 3.63) is 17.8 Å². The average molecular weight is 247 g/mol. The number of rotatable bonds is 4. The van der Waals surface area contributed by atoms with E-state index in [0.29, 0.717) is 23.6 Å². The Bertz CT molecular complexity index is 478. The smallest absolute Gasteiger partial charge is 0.241 e. The molecule has 0 aliphatic rings. The van der Waals surface area contributed by atoms with E-state index in [1.807, 2.05) is 13.0 Å². The molecule has 0 aliphatic carbocycles. The highest BCUT2D eigenvalue weighted by Gasteiger charge is 2.16. The van der Waals surface area contributed by atoms with Gasteiger partial charge in [-0.3, -0.25) is 4.79 Å². The molecule has 0 atom stereocenters. The number of carbonyl (C=O) groups is 1. The van der Waals surface area contributed by atoms with E-state index in [-0.39, 0.29) is 12.5 Å². The van der Waals surface area contributed by atoms with Gasteiger partial charge in [-0.15, -0.1) is 0 Å². The standard InChI is InChI=1S/C12H17N5O/c1-4-17(8-10(18)16(2)3)12-11(14)9(7-13)5-6-15-12/h5-6H,4,8,14H2,1-3H3. The van der Waals surface area contributed by atoms with Gasteiger partial charge in [-0.05, 0) is 13.0 Å². The Labute approximate surface area is 107 Å². The molecule has 0 aliphatic heterocycles. The molecule has 1 rings (SSSR count). The number of amides is 1. The Balaban J connectivity index is 3.03. The van der Waals surface area contributed by atoms with Crippen molar-refractivity contribution in [2.45, 2.75) is 6.92 Å². The molecule has 1 aromatic rings. The SMILES string of the molecule is CCN(CC(=O)N(C)C)c1nccc(C#N)c1N. The lowest BCUT2D eigenvalue weighted by molar-refractivity contribution is -0.127. The first-order chi connectivity index (χ1) is 8.51. The summed E-state index contributed by atoms with van der Waals surface area (Å²) in [4.78, 5) is 19.1. The summed E-state index contributed by atoms with van der Waals surface area (Å²) in [5.41, 5.74) is 6.55. The second-order valence-electron chi connectivity index (χ2n) is 4.01. The zero-order chi connectivity index (χ0) is 13.7. The van der Waals surface area contributed by atoms with Gasteiger partial charge in [-0.25, -0.2) is 4.98 Å². The first-order valence-corrected chi connectivity index (χ1v) is 5.60. The number of nitrogen functional groups attached to an aromatic ring is 1. The molecule has 0 saturated heterocycles. The number of carbonyl (C=O) groups excluding carboxylic acids is 1. The zero-order valence-corrected chi connectivity index (χ0v) is 10.8. The molecular weight excluding hydrogens is 230 g/mol. The minimum Gasteiger partial charge on any atom is -0.395 e. The number of anilines is 2. The topological polar surface area (TPSA) is 86.2 Å². The number of likely N-dealkylation sites (N-methyl/N-ethyl adjacent to an activating group) is 2. The van der Waals surface area contributed by atoms with Crippen LogP contribution in [0.4, 0.5) is 11.5 Å². The van der Waals surface area contributed by atoms with Gasteiger partial charge in [0.2, 0.25) is 5.91 Å². The summed E-state index contributed by atoms with van der Waals surface area (Å²) in [5, 5.41) is 8.92. The predicted molar refractivity (Wildman–Crippen MR) is 69.9 cm³/mol. The molecule has 0 unspecified atom stereocenters. The van der Waals surface area contributed by atoms with Crippen molar-refractivity contribution in [1.29, 1.82) is 5.26 Å². The van der Waals surface area contributed by atoms with Crippen LogP contribution in [0.25, 0.3) is 0 Å². The molecule has 0 fully saturated rings. The Hall–Kier alpha value is -2.29. The highest BCUT2D eigenvalue weighted by atomic mass is 16.2. The predicted octanol–water partition coefficient (Wildman–Crippen LogP) is 0.450. The summed E-state index contributed by atoms with van der Waals surface area (Å²) >= 11 is 0. The van der Waals surface area contributed by atoms with Gasteiger partial charge in [-0.2, -0.15) is 5.26 Å². The lowest BCUT2D eigenvalue weighted by Gasteiger charge is -2.24. The molecule has 2 N–H and O–H groups in total. The van der Waals surface area contributed by atoms with Crippen LogP contribution in [0.3, 0.4) is 0 Å². The second kappa shape index (κ2) is 5.87. The van der Waals surface area contributed by atoms with Crippen LogP contribution in [0.15, 0.2) is 12.3 Å². The van der Waals surface area contributed by atoms with E-state index in [4.69, 9.17) is 11.0 Å². The number of nitriles is 1. The van der Waals surface area contributed by atoms with Crippen LogP contribution in [0.5, 0.6) is 0 Å². The molecule has 6 heteroatoms. The molecule has 6 nitrogen and oxygen atoms in total. The van der Waals surface area contributed by atoms with Crippen LogP contribution in [0, 0.1) is 11.3 Å². The van der Waals surface area contributed by atoms with Gasteiger partial charge < -0.3 is 15.5 Å². The fourth-order valence-electron chi connectivity index (χ4n) is 1.45. The second-order valence-corrected chi connectivity index (χ2v) is 4.01. The summed E-state index contributed by atoms with van der Waals surface area (Å²) in [5.74, 6) is 0.437. The zero-order valence-electron chi connectivity index (χ0n) is 10.8.